The third-order valence-corrected chi connectivity index (χ3v) is 5.58. The normalized spacial score (nSPS) is 20.6. The second-order valence-corrected chi connectivity index (χ2v) is 7.58. The van der Waals surface area contributed by atoms with Crippen molar-refractivity contribution in [2.75, 3.05) is 32.7 Å². The van der Waals surface area contributed by atoms with Gasteiger partial charge in [-0.3, -0.25) is 19.5 Å². The van der Waals surface area contributed by atoms with E-state index in [4.69, 9.17) is 0 Å². The van der Waals surface area contributed by atoms with Gasteiger partial charge >= 0.3 is 0 Å². The molecule has 2 saturated heterocycles. The number of piperazine rings is 1. The first kappa shape index (κ1) is 18.6. The maximum absolute atomic E-state index is 12.9. The fraction of sp³-hybridized carbons (Fsp3) is 0.409. The first-order valence-electron chi connectivity index (χ1n) is 9.92. The Bertz CT molecular complexity index is 804. The number of carbonyl (C=O) groups is 2. The van der Waals surface area contributed by atoms with Crippen LogP contribution in [-0.2, 0) is 22.7 Å². The van der Waals surface area contributed by atoms with Crippen LogP contribution in [0.3, 0.4) is 0 Å². The van der Waals surface area contributed by atoms with E-state index in [1.807, 2.05) is 29.2 Å². The van der Waals surface area contributed by atoms with Crippen LogP contribution in [0.4, 0.5) is 0 Å². The Morgan fingerprint density at radius 1 is 0.964 bits per heavy atom. The summed E-state index contributed by atoms with van der Waals surface area (Å²) in [7, 11) is 0. The molecule has 6 heteroatoms. The summed E-state index contributed by atoms with van der Waals surface area (Å²) in [5.41, 5.74) is 2.16. The Balaban J connectivity index is 1.28. The lowest BCUT2D eigenvalue weighted by molar-refractivity contribution is -0.137. The standard InChI is InChI=1S/C22H26N4O2/c27-21-14-19(16-26(21)17-20-8-4-5-9-23-20)22(28)25-12-10-24(11-13-25)15-18-6-2-1-3-7-18/h1-9,19H,10-17H2. The summed E-state index contributed by atoms with van der Waals surface area (Å²) in [6, 6.07) is 16.1. The molecular weight excluding hydrogens is 352 g/mol. The zero-order chi connectivity index (χ0) is 19.3. The molecule has 1 aromatic heterocycles. The number of pyridine rings is 1. The molecule has 1 unspecified atom stereocenters. The van der Waals surface area contributed by atoms with Crippen molar-refractivity contribution >= 4 is 11.8 Å². The smallest absolute Gasteiger partial charge is 0.228 e. The van der Waals surface area contributed by atoms with Crippen LogP contribution in [-0.4, -0.2) is 64.2 Å². The lowest BCUT2D eigenvalue weighted by atomic mass is 10.1. The van der Waals surface area contributed by atoms with Gasteiger partial charge in [0.25, 0.3) is 0 Å². The largest absolute Gasteiger partial charge is 0.340 e. The number of hydrogen-bond donors (Lipinski definition) is 0. The van der Waals surface area contributed by atoms with Crippen molar-refractivity contribution in [2.24, 2.45) is 5.92 Å². The molecule has 0 spiro atoms. The van der Waals surface area contributed by atoms with E-state index in [1.165, 1.54) is 5.56 Å². The maximum atomic E-state index is 12.9. The summed E-state index contributed by atoms with van der Waals surface area (Å²) in [6.07, 6.45) is 2.04. The molecule has 1 aromatic carbocycles. The van der Waals surface area contributed by atoms with E-state index >= 15 is 0 Å². The number of aromatic nitrogens is 1. The number of benzene rings is 1. The van der Waals surface area contributed by atoms with Crippen LogP contribution < -0.4 is 0 Å². The zero-order valence-corrected chi connectivity index (χ0v) is 16.0. The topological polar surface area (TPSA) is 56.8 Å². The average molecular weight is 378 g/mol. The Hall–Kier alpha value is -2.73. The molecule has 4 rings (SSSR count). The summed E-state index contributed by atoms with van der Waals surface area (Å²) in [5, 5.41) is 0. The van der Waals surface area contributed by atoms with Crippen LogP contribution in [0, 0.1) is 5.92 Å². The van der Waals surface area contributed by atoms with Gasteiger partial charge in [-0.15, -0.1) is 0 Å². The van der Waals surface area contributed by atoms with E-state index < -0.39 is 0 Å². The van der Waals surface area contributed by atoms with Crippen molar-refractivity contribution in [3.05, 3.63) is 66.0 Å². The van der Waals surface area contributed by atoms with Crippen molar-refractivity contribution in [1.82, 2.24) is 19.7 Å². The highest BCUT2D eigenvalue weighted by molar-refractivity contribution is 5.89. The lowest BCUT2D eigenvalue weighted by Gasteiger charge is -2.36. The van der Waals surface area contributed by atoms with E-state index in [-0.39, 0.29) is 17.7 Å². The average Bonchev–Trinajstić information content (AvgIpc) is 3.10. The van der Waals surface area contributed by atoms with E-state index in [0.29, 0.717) is 19.5 Å². The molecule has 0 bridgehead atoms. The first-order chi connectivity index (χ1) is 13.7. The second kappa shape index (κ2) is 8.52. The quantitative estimate of drug-likeness (QED) is 0.796. The van der Waals surface area contributed by atoms with Crippen molar-refractivity contribution in [3.63, 3.8) is 0 Å². The molecule has 2 aliphatic rings. The number of hydrogen-bond acceptors (Lipinski definition) is 4. The van der Waals surface area contributed by atoms with Crippen LogP contribution in [0.25, 0.3) is 0 Å². The minimum absolute atomic E-state index is 0.0479. The minimum atomic E-state index is -0.225. The van der Waals surface area contributed by atoms with Gasteiger partial charge in [-0.1, -0.05) is 36.4 Å². The van der Waals surface area contributed by atoms with Crippen molar-refractivity contribution in [2.45, 2.75) is 19.5 Å². The van der Waals surface area contributed by atoms with Crippen molar-refractivity contribution < 1.29 is 9.59 Å². The summed E-state index contributed by atoms with van der Waals surface area (Å²) in [5.74, 6) is -0.0557. The predicted octanol–water partition coefficient (Wildman–Crippen LogP) is 1.77. The molecule has 0 N–H and O–H groups in total. The Labute approximate surface area is 165 Å². The molecular formula is C22H26N4O2. The van der Waals surface area contributed by atoms with Gasteiger partial charge in [-0.2, -0.15) is 0 Å². The van der Waals surface area contributed by atoms with E-state index in [1.54, 1.807) is 11.1 Å². The third kappa shape index (κ3) is 4.39. The summed E-state index contributed by atoms with van der Waals surface area (Å²) >= 11 is 0. The van der Waals surface area contributed by atoms with Gasteiger partial charge in [0.15, 0.2) is 0 Å². The van der Waals surface area contributed by atoms with Gasteiger partial charge in [-0.25, -0.2) is 0 Å². The summed E-state index contributed by atoms with van der Waals surface area (Å²) < 4.78 is 0. The Morgan fingerprint density at radius 2 is 1.71 bits per heavy atom. The lowest BCUT2D eigenvalue weighted by Crippen LogP contribution is -2.50. The van der Waals surface area contributed by atoms with Gasteiger partial charge in [0, 0.05) is 51.9 Å². The summed E-state index contributed by atoms with van der Waals surface area (Å²) in [6.45, 7) is 5.11. The zero-order valence-electron chi connectivity index (χ0n) is 16.0. The second-order valence-electron chi connectivity index (χ2n) is 7.58. The predicted molar refractivity (Wildman–Crippen MR) is 106 cm³/mol. The van der Waals surface area contributed by atoms with Gasteiger partial charge in [0.2, 0.25) is 11.8 Å². The fourth-order valence-corrected chi connectivity index (χ4v) is 4.00. The van der Waals surface area contributed by atoms with Gasteiger partial charge < -0.3 is 9.80 Å². The van der Waals surface area contributed by atoms with Gasteiger partial charge in [0.1, 0.15) is 0 Å². The Kier molecular flexibility index (Phi) is 5.67. The fourth-order valence-electron chi connectivity index (χ4n) is 4.00. The van der Waals surface area contributed by atoms with E-state index in [2.05, 4.69) is 34.1 Å². The highest BCUT2D eigenvalue weighted by atomic mass is 16.2. The monoisotopic (exact) mass is 378 g/mol. The summed E-state index contributed by atoms with van der Waals surface area (Å²) in [4.78, 5) is 35.6. The molecule has 0 radical (unpaired) electrons. The van der Waals surface area contributed by atoms with Crippen LogP contribution in [0.2, 0.25) is 0 Å². The molecule has 0 aliphatic carbocycles. The molecule has 2 aromatic rings. The highest BCUT2D eigenvalue weighted by Crippen LogP contribution is 2.22. The minimum Gasteiger partial charge on any atom is -0.340 e. The molecule has 28 heavy (non-hydrogen) atoms. The van der Waals surface area contributed by atoms with Crippen molar-refractivity contribution in [3.8, 4) is 0 Å². The Morgan fingerprint density at radius 3 is 2.43 bits per heavy atom. The van der Waals surface area contributed by atoms with Gasteiger partial charge in [-0.05, 0) is 17.7 Å². The number of likely N-dealkylation sites (tertiary alicyclic amines) is 1. The maximum Gasteiger partial charge on any atom is 0.228 e. The van der Waals surface area contributed by atoms with Crippen molar-refractivity contribution in [1.29, 1.82) is 0 Å². The molecule has 3 heterocycles. The van der Waals surface area contributed by atoms with Crippen LogP contribution in [0.5, 0.6) is 0 Å². The first-order valence-corrected chi connectivity index (χ1v) is 9.92. The van der Waals surface area contributed by atoms with E-state index in [0.717, 1.165) is 38.4 Å². The molecule has 0 saturated carbocycles. The van der Waals surface area contributed by atoms with Crippen LogP contribution in [0.1, 0.15) is 17.7 Å². The highest BCUT2D eigenvalue weighted by Gasteiger charge is 2.37. The number of rotatable bonds is 5. The molecule has 6 nitrogen and oxygen atoms in total. The van der Waals surface area contributed by atoms with Gasteiger partial charge in [0.05, 0.1) is 18.2 Å². The van der Waals surface area contributed by atoms with Crippen LogP contribution >= 0.6 is 0 Å². The number of carbonyl (C=O) groups excluding carboxylic acids is 2. The molecule has 2 aliphatic heterocycles. The number of nitrogens with zero attached hydrogens (tertiary/aromatic N) is 4. The van der Waals surface area contributed by atoms with Crippen LogP contribution in [0.15, 0.2) is 54.7 Å². The number of amides is 2. The third-order valence-electron chi connectivity index (χ3n) is 5.58. The molecule has 1 atom stereocenters. The molecule has 2 amide bonds. The molecule has 146 valence electrons. The molecule has 2 fully saturated rings. The SMILES string of the molecule is O=C1CC(C(=O)N2CCN(Cc3ccccc3)CC2)CN1Cc1ccccn1. The van der Waals surface area contributed by atoms with E-state index in [9.17, 15) is 9.59 Å².